The number of nitrogens with zero attached hydrogens (tertiary/aromatic N) is 1. The first-order valence-corrected chi connectivity index (χ1v) is 7.71. The van der Waals surface area contributed by atoms with E-state index in [1.807, 2.05) is 19.2 Å². The lowest BCUT2D eigenvalue weighted by molar-refractivity contribution is 0.175. The molecule has 2 rings (SSSR count). The molecule has 0 radical (unpaired) electrons. The van der Waals surface area contributed by atoms with E-state index in [9.17, 15) is 0 Å². The van der Waals surface area contributed by atoms with Gasteiger partial charge in [-0.15, -0.1) is 0 Å². The molecule has 1 aromatic carbocycles. The van der Waals surface area contributed by atoms with Gasteiger partial charge in [0.2, 0.25) is 0 Å². The predicted octanol–water partition coefficient (Wildman–Crippen LogP) is 2.89. The zero-order valence-electron chi connectivity index (χ0n) is 11.8. The third-order valence-electron chi connectivity index (χ3n) is 3.84. The molecule has 1 aromatic rings. The van der Waals surface area contributed by atoms with Crippen molar-refractivity contribution in [1.82, 2.24) is 10.2 Å². The molecule has 1 saturated heterocycles. The van der Waals surface area contributed by atoms with Gasteiger partial charge in [0.15, 0.2) is 0 Å². The van der Waals surface area contributed by atoms with Crippen LogP contribution in [0.15, 0.2) is 22.7 Å². The lowest BCUT2D eigenvalue weighted by Gasteiger charge is -2.32. The van der Waals surface area contributed by atoms with E-state index in [-0.39, 0.29) is 0 Å². The van der Waals surface area contributed by atoms with E-state index in [2.05, 4.69) is 32.2 Å². The predicted molar refractivity (Wildman–Crippen MR) is 82.6 cm³/mol. The van der Waals surface area contributed by atoms with Gasteiger partial charge in [-0.3, -0.25) is 4.90 Å². The zero-order chi connectivity index (χ0) is 13.7. The monoisotopic (exact) mass is 326 g/mol. The molecule has 0 spiro atoms. The molecule has 4 heteroatoms. The average molecular weight is 327 g/mol. The molecule has 19 heavy (non-hydrogen) atoms. The van der Waals surface area contributed by atoms with Gasteiger partial charge in [0.25, 0.3) is 0 Å². The molecule has 1 fully saturated rings. The van der Waals surface area contributed by atoms with Crippen LogP contribution in [0.2, 0.25) is 0 Å². The third-order valence-corrected chi connectivity index (χ3v) is 4.33. The van der Waals surface area contributed by atoms with Gasteiger partial charge in [-0.25, -0.2) is 0 Å². The molecule has 0 saturated carbocycles. The first-order chi connectivity index (χ1) is 9.22. The van der Waals surface area contributed by atoms with Crippen molar-refractivity contribution in [2.24, 2.45) is 5.92 Å². The van der Waals surface area contributed by atoms with Gasteiger partial charge in [0.05, 0.1) is 7.11 Å². The second kappa shape index (κ2) is 7.27. The minimum atomic E-state index is 0.839. The highest BCUT2D eigenvalue weighted by atomic mass is 79.9. The molecule has 0 unspecified atom stereocenters. The first-order valence-electron chi connectivity index (χ1n) is 6.92. The summed E-state index contributed by atoms with van der Waals surface area (Å²) in [6, 6.07) is 6.23. The van der Waals surface area contributed by atoms with E-state index < -0.39 is 0 Å². The second-order valence-electron chi connectivity index (χ2n) is 5.23. The number of nitrogens with one attached hydrogen (secondary N) is 1. The SMILES string of the molecule is CNCC1CCN(Cc2cc(Br)ccc2OC)CC1. The number of likely N-dealkylation sites (tertiary alicyclic amines) is 1. The molecule has 0 aliphatic carbocycles. The maximum absolute atomic E-state index is 5.44. The van der Waals surface area contributed by atoms with E-state index in [1.54, 1.807) is 7.11 Å². The van der Waals surface area contributed by atoms with Gasteiger partial charge >= 0.3 is 0 Å². The number of methoxy groups -OCH3 is 1. The summed E-state index contributed by atoms with van der Waals surface area (Å²) in [4.78, 5) is 2.52. The molecule has 1 N–H and O–H groups in total. The van der Waals surface area contributed by atoms with Crippen LogP contribution in [-0.2, 0) is 6.54 Å². The normalized spacial score (nSPS) is 17.6. The Balaban J connectivity index is 1.93. The fourth-order valence-corrected chi connectivity index (χ4v) is 3.16. The van der Waals surface area contributed by atoms with Crippen LogP contribution >= 0.6 is 15.9 Å². The van der Waals surface area contributed by atoms with Crippen molar-refractivity contribution in [3.63, 3.8) is 0 Å². The maximum Gasteiger partial charge on any atom is 0.123 e. The summed E-state index contributed by atoms with van der Waals surface area (Å²) >= 11 is 3.54. The van der Waals surface area contributed by atoms with Crippen LogP contribution in [0, 0.1) is 5.92 Å². The molecule has 0 aromatic heterocycles. The molecule has 106 valence electrons. The summed E-state index contributed by atoms with van der Waals surface area (Å²) in [5.74, 6) is 1.83. The maximum atomic E-state index is 5.44. The van der Waals surface area contributed by atoms with E-state index in [0.29, 0.717) is 0 Å². The van der Waals surface area contributed by atoms with E-state index in [1.165, 1.54) is 31.5 Å². The third kappa shape index (κ3) is 4.20. The number of ether oxygens (including phenoxy) is 1. The Morgan fingerprint density at radius 3 is 2.74 bits per heavy atom. The van der Waals surface area contributed by atoms with Crippen LogP contribution in [0.3, 0.4) is 0 Å². The van der Waals surface area contributed by atoms with Gasteiger partial charge < -0.3 is 10.1 Å². The number of benzene rings is 1. The van der Waals surface area contributed by atoms with E-state index in [0.717, 1.165) is 29.2 Å². The zero-order valence-corrected chi connectivity index (χ0v) is 13.4. The molecule has 3 nitrogen and oxygen atoms in total. The number of rotatable bonds is 5. The highest BCUT2D eigenvalue weighted by Crippen LogP contribution is 2.26. The van der Waals surface area contributed by atoms with Crippen LogP contribution in [0.1, 0.15) is 18.4 Å². The topological polar surface area (TPSA) is 24.5 Å². The summed E-state index contributed by atoms with van der Waals surface area (Å²) < 4.78 is 6.56. The molecule has 0 amide bonds. The lowest BCUT2D eigenvalue weighted by Crippen LogP contribution is -2.36. The fraction of sp³-hybridized carbons (Fsp3) is 0.600. The van der Waals surface area contributed by atoms with Gasteiger partial charge in [0, 0.05) is 16.6 Å². The Morgan fingerprint density at radius 2 is 2.11 bits per heavy atom. The van der Waals surface area contributed by atoms with Crippen molar-refractivity contribution in [2.75, 3.05) is 33.8 Å². The van der Waals surface area contributed by atoms with Crippen LogP contribution in [-0.4, -0.2) is 38.7 Å². The number of hydrogen-bond acceptors (Lipinski definition) is 3. The van der Waals surface area contributed by atoms with Gasteiger partial charge in [-0.05, 0) is 63.6 Å². The fourth-order valence-electron chi connectivity index (χ4n) is 2.75. The molecule has 0 atom stereocenters. The molecule has 1 aliphatic heterocycles. The lowest BCUT2D eigenvalue weighted by atomic mass is 9.96. The summed E-state index contributed by atoms with van der Waals surface area (Å²) in [6.45, 7) is 4.49. The molecule has 1 heterocycles. The van der Waals surface area contributed by atoms with E-state index in [4.69, 9.17) is 4.74 Å². The second-order valence-corrected chi connectivity index (χ2v) is 6.15. The Hall–Kier alpha value is -0.580. The van der Waals surface area contributed by atoms with Crippen LogP contribution in [0.5, 0.6) is 5.75 Å². The Bertz CT molecular complexity index is 403. The average Bonchev–Trinajstić information content (AvgIpc) is 2.42. The molecule has 0 bridgehead atoms. The molecule has 1 aliphatic rings. The highest BCUT2D eigenvalue weighted by Gasteiger charge is 2.19. The van der Waals surface area contributed by atoms with Crippen molar-refractivity contribution in [2.45, 2.75) is 19.4 Å². The van der Waals surface area contributed by atoms with Crippen LogP contribution in [0.25, 0.3) is 0 Å². The summed E-state index contributed by atoms with van der Waals surface area (Å²) in [6.07, 6.45) is 2.58. The Kier molecular flexibility index (Phi) is 5.67. The van der Waals surface area contributed by atoms with Crippen molar-refractivity contribution >= 4 is 15.9 Å². The summed E-state index contributed by atoms with van der Waals surface area (Å²) in [5.41, 5.74) is 1.27. The van der Waals surface area contributed by atoms with E-state index >= 15 is 0 Å². The van der Waals surface area contributed by atoms with Crippen molar-refractivity contribution < 1.29 is 4.74 Å². The number of piperidine rings is 1. The van der Waals surface area contributed by atoms with Crippen molar-refractivity contribution in [3.05, 3.63) is 28.2 Å². The van der Waals surface area contributed by atoms with Crippen molar-refractivity contribution in [3.8, 4) is 5.75 Å². The Labute approximate surface area is 124 Å². The quantitative estimate of drug-likeness (QED) is 0.900. The van der Waals surface area contributed by atoms with Gasteiger partial charge in [-0.2, -0.15) is 0 Å². The van der Waals surface area contributed by atoms with Crippen LogP contribution in [0.4, 0.5) is 0 Å². The van der Waals surface area contributed by atoms with Gasteiger partial charge in [-0.1, -0.05) is 15.9 Å². The number of hydrogen-bond donors (Lipinski definition) is 1. The largest absolute Gasteiger partial charge is 0.496 e. The van der Waals surface area contributed by atoms with Crippen LogP contribution < -0.4 is 10.1 Å². The first kappa shape index (κ1) is 14.8. The molecular formula is C15H23BrN2O. The number of halogens is 1. The smallest absolute Gasteiger partial charge is 0.123 e. The summed E-state index contributed by atoms with van der Waals surface area (Å²) in [7, 11) is 3.78. The summed E-state index contributed by atoms with van der Waals surface area (Å²) in [5, 5.41) is 3.28. The van der Waals surface area contributed by atoms with Gasteiger partial charge in [0.1, 0.15) is 5.75 Å². The van der Waals surface area contributed by atoms with Crippen molar-refractivity contribution in [1.29, 1.82) is 0 Å². The minimum absolute atomic E-state index is 0.839. The molecular weight excluding hydrogens is 304 g/mol. The highest BCUT2D eigenvalue weighted by molar-refractivity contribution is 9.10. The Morgan fingerprint density at radius 1 is 1.37 bits per heavy atom. The minimum Gasteiger partial charge on any atom is -0.496 e. The standard InChI is InChI=1S/C15H23BrN2O/c1-17-10-12-5-7-18(8-6-12)11-13-9-14(16)3-4-15(13)19-2/h3-4,9,12,17H,5-8,10-11H2,1-2H3.